The van der Waals surface area contributed by atoms with E-state index in [1.54, 1.807) is 12.1 Å². The van der Waals surface area contributed by atoms with E-state index in [0.29, 0.717) is 18.7 Å². The Balaban J connectivity index is 1.60. The molecule has 1 saturated heterocycles. The van der Waals surface area contributed by atoms with Gasteiger partial charge in [0.05, 0.1) is 10.5 Å². The van der Waals surface area contributed by atoms with Crippen molar-refractivity contribution in [2.24, 2.45) is 0 Å². The average Bonchev–Trinajstić information content (AvgIpc) is 2.78. The summed E-state index contributed by atoms with van der Waals surface area (Å²) in [5.41, 5.74) is 1.81. The lowest BCUT2D eigenvalue weighted by atomic mass is 10.1. The summed E-state index contributed by atoms with van der Waals surface area (Å²) in [6.07, 6.45) is 3.64. The van der Waals surface area contributed by atoms with E-state index >= 15 is 0 Å². The minimum absolute atomic E-state index is 0.156. The highest BCUT2D eigenvalue weighted by molar-refractivity contribution is 7.89. The minimum atomic E-state index is -3.54. The van der Waals surface area contributed by atoms with Gasteiger partial charge >= 0.3 is 5.97 Å². The van der Waals surface area contributed by atoms with Gasteiger partial charge in [-0.2, -0.15) is 4.31 Å². The molecule has 6 nitrogen and oxygen atoms in total. The molecule has 0 bridgehead atoms. The average molecular weight is 416 g/mol. The van der Waals surface area contributed by atoms with Crippen molar-refractivity contribution >= 4 is 21.8 Å². The van der Waals surface area contributed by atoms with Gasteiger partial charge in [0.2, 0.25) is 10.0 Å². The van der Waals surface area contributed by atoms with Crippen LogP contribution in [0.15, 0.2) is 53.4 Å². The van der Waals surface area contributed by atoms with E-state index < -0.39 is 16.0 Å². The summed E-state index contributed by atoms with van der Waals surface area (Å²) in [5.74, 6) is -0.948. The highest BCUT2D eigenvalue weighted by Crippen LogP contribution is 2.21. The zero-order valence-corrected chi connectivity index (χ0v) is 17.3. The second-order valence-corrected chi connectivity index (χ2v) is 8.98. The number of carbonyl (C=O) groups is 2. The van der Waals surface area contributed by atoms with E-state index in [2.05, 4.69) is 0 Å². The maximum absolute atomic E-state index is 12.7. The number of piperidine rings is 1. The number of hydrogen-bond acceptors (Lipinski definition) is 5. The fourth-order valence-electron chi connectivity index (χ4n) is 3.24. The SMILES string of the molecule is CCc1ccc(C(=O)COC(=O)c2ccc(S(=O)(=O)N3CCCCC3)cc2)cc1. The first kappa shape index (κ1) is 21.2. The van der Waals surface area contributed by atoms with Gasteiger partial charge in [-0.25, -0.2) is 13.2 Å². The number of nitrogens with zero attached hydrogens (tertiary/aromatic N) is 1. The Morgan fingerprint density at radius 1 is 0.897 bits per heavy atom. The van der Waals surface area contributed by atoms with Crippen molar-refractivity contribution < 1.29 is 22.7 Å². The number of sulfonamides is 1. The highest BCUT2D eigenvalue weighted by Gasteiger charge is 2.26. The third kappa shape index (κ3) is 5.10. The number of ether oxygens (including phenoxy) is 1. The zero-order chi connectivity index (χ0) is 20.9. The van der Waals surface area contributed by atoms with Crippen molar-refractivity contribution in [1.29, 1.82) is 0 Å². The van der Waals surface area contributed by atoms with E-state index in [0.717, 1.165) is 31.2 Å². The lowest BCUT2D eigenvalue weighted by Gasteiger charge is -2.25. The minimum Gasteiger partial charge on any atom is -0.454 e. The van der Waals surface area contributed by atoms with E-state index in [4.69, 9.17) is 4.74 Å². The van der Waals surface area contributed by atoms with Crippen LogP contribution in [0.3, 0.4) is 0 Å². The van der Waals surface area contributed by atoms with E-state index in [1.165, 1.54) is 28.6 Å². The molecule has 0 aromatic heterocycles. The van der Waals surface area contributed by atoms with E-state index in [1.807, 2.05) is 19.1 Å². The first-order chi connectivity index (χ1) is 13.9. The monoisotopic (exact) mass is 415 g/mol. The maximum atomic E-state index is 12.7. The van der Waals surface area contributed by atoms with Crippen molar-refractivity contribution in [2.45, 2.75) is 37.5 Å². The quantitative estimate of drug-likeness (QED) is 0.511. The molecule has 1 aliphatic heterocycles. The van der Waals surface area contributed by atoms with Crippen LogP contribution >= 0.6 is 0 Å². The fraction of sp³-hybridized carbons (Fsp3) is 0.364. The van der Waals surface area contributed by atoms with E-state index in [-0.39, 0.29) is 22.8 Å². The molecular weight excluding hydrogens is 390 g/mol. The molecule has 0 spiro atoms. The normalized spacial score (nSPS) is 15.1. The van der Waals surface area contributed by atoms with Crippen LogP contribution in [0.2, 0.25) is 0 Å². The molecule has 7 heteroatoms. The summed E-state index contributed by atoms with van der Waals surface area (Å²) in [7, 11) is -3.54. The Bertz CT molecular complexity index is 959. The molecule has 0 saturated carbocycles. The van der Waals surface area contributed by atoms with Crippen LogP contribution in [0, 0.1) is 0 Å². The standard InChI is InChI=1S/C22H25NO5S/c1-2-17-6-8-18(9-7-17)21(24)16-28-22(25)19-10-12-20(13-11-19)29(26,27)23-14-4-3-5-15-23/h6-13H,2-5,14-16H2,1H3. The molecule has 1 fully saturated rings. The number of esters is 1. The first-order valence-corrected chi connectivity index (χ1v) is 11.3. The van der Waals surface area contributed by atoms with Crippen molar-refractivity contribution in [3.8, 4) is 0 Å². The lowest BCUT2D eigenvalue weighted by Crippen LogP contribution is -2.35. The van der Waals surface area contributed by atoms with Gasteiger partial charge < -0.3 is 4.74 Å². The number of carbonyl (C=O) groups excluding carboxylic acids is 2. The van der Waals surface area contributed by atoms with Crippen LogP contribution in [0.5, 0.6) is 0 Å². The van der Waals surface area contributed by atoms with Gasteiger partial charge in [0.1, 0.15) is 0 Å². The summed E-state index contributed by atoms with van der Waals surface area (Å²) in [6.45, 7) is 2.71. The largest absolute Gasteiger partial charge is 0.454 e. The van der Waals surface area contributed by atoms with Crippen LogP contribution in [0.25, 0.3) is 0 Å². The molecule has 0 N–H and O–H groups in total. The van der Waals surface area contributed by atoms with Gasteiger partial charge in [-0.05, 0) is 49.1 Å². The smallest absolute Gasteiger partial charge is 0.338 e. The predicted octanol–water partition coefficient (Wildman–Crippen LogP) is 3.46. The third-order valence-corrected chi connectivity index (χ3v) is 6.97. The number of Topliss-reactive ketones (excluding diaryl/α,β-unsaturated/α-hetero) is 1. The van der Waals surface area contributed by atoms with Crippen LogP contribution < -0.4 is 0 Å². The topological polar surface area (TPSA) is 80.8 Å². The van der Waals surface area contributed by atoms with Gasteiger partial charge in [-0.1, -0.05) is 37.6 Å². The van der Waals surface area contributed by atoms with Gasteiger partial charge in [0.15, 0.2) is 12.4 Å². The molecule has 0 aliphatic carbocycles. The molecular formula is C22H25NO5S. The van der Waals surface area contributed by atoms with Crippen molar-refractivity contribution in [3.05, 3.63) is 65.2 Å². The summed E-state index contributed by atoms with van der Waals surface area (Å²) in [5, 5.41) is 0. The first-order valence-electron chi connectivity index (χ1n) is 9.81. The van der Waals surface area contributed by atoms with Crippen molar-refractivity contribution in [3.63, 3.8) is 0 Å². The van der Waals surface area contributed by atoms with Crippen LogP contribution in [-0.2, 0) is 21.2 Å². The molecule has 154 valence electrons. The van der Waals surface area contributed by atoms with Gasteiger partial charge in [0.25, 0.3) is 0 Å². The Morgan fingerprint density at radius 3 is 2.07 bits per heavy atom. The molecule has 1 aliphatic rings. The Hall–Kier alpha value is -2.51. The molecule has 0 unspecified atom stereocenters. The number of benzene rings is 2. The van der Waals surface area contributed by atoms with Gasteiger partial charge in [-0.3, -0.25) is 4.79 Å². The molecule has 0 amide bonds. The zero-order valence-electron chi connectivity index (χ0n) is 16.5. The Kier molecular flexibility index (Phi) is 6.82. The maximum Gasteiger partial charge on any atom is 0.338 e. The molecule has 2 aromatic rings. The van der Waals surface area contributed by atoms with Crippen LogP contribution in [0.4, 0.5) is 0 Å². The molecule has 29 heavy (non-hydrogen) atoms. The van der Waals surface area contributed by atoms with E-state index in [9.17, 15) is 18.0 Å². The van der Waals surface area contributed by atoms with Crippen LogP contribution in [-0.4, -0.2) is 44.2 Å². The number of hydrogen-bond donors (Lipinski definition) is 0. The summed E-state index contributed by atoms with van der Waals surface area (Å²) in [6, 6.07) is 12.8. The summed E-state index contributed by atoms with van der Waals surface area (Å²) >= 11 is 0. The van der Waals surface area contributed by atoms with Gasteiger partial charge in [-0.15, -0.1) is 0 Å². The molecule has 3 rings (SSSR count). The Labute approximate surface area is 171 Å². The van der Waals surface area contributed by atoms with Crippen molar-refractivity contribution in [1.82, 2.24) is 4.31 Å². The summed E-state index contributed by atoms with van der Waals surface area (Å²) in [4.78, 5) is 24.5. The second-order valence-electron chi connectivity index (χ2n) is 7.04. The molecule has 0 atom stereocenters. The fourth-order valence-corrected chi connectivity index (χ4v) is 4.76. The second kappa shape index (κ2) is 9.33. The summed E-state index contributed by atoms with van der Waals surface area (Å²) < 4.78 is 31.9. The number of ketones is 1. The van der Waals surface area contributed by atoms with Gasteiger partial charge in [0, 0.05) is 18.7 Å². The van der Waals surface area contributed by atoms with Crippen molar-refractivity contribution in [2.75, 3.05) is 19.7 Å². The molecule has 0 radical (unpaired) electrons. The molecule has 2 aromatic carbocycles. The third-order valence-electron chi connectivity index (χ3n) is 5.06. The van der Waals surface area contributed by atoms with Crippen LogP contribution in [0.1, 0.15) is 52.5 Å². The Morgan fingerprint density at radius 2 is 1.48 bits per heavy atom. The molecule has 1 heterocycles. The lowest BCUT2D eigenvalue weighted by molar-refractivity contribution is 0.0474. The highest BCUT2D eigenvalue weighted by atomic mass is 32.2. The number of aryl methyl sites for hydroxylation is 1. The number of rotatable bonds is 7. The predicted molar refractivity (Wildman–Crippen MR) is 109 cm³/mol.